The summed E-state index contributed by atoms with van der Waals surface area (Å²) < 4.78 is 5.54. The van der Waals surface area contributed by atoms with Crippen LogP contribution in [0.5, 0.6) is 0 Å². The highest BCUT2D eigenvalue weighted by Gasteiger charge is 2.17. The standard InChI is InChI=1S/C16H15ClO2/c17-12-11-15(13-7-3-1-4-8-13)19-16(18)14-9-5-2-6-10-14/h1-10,15H,11-12H2/t15-/m1/s1. The van der Waals surface area contributed by atoms with Gasteiger partial charge in [-0.1, -0.05) is 48.5 Å². The largest absolute Gasteiger partial charge is 0.454 e. The highest BCUT2D eigenvalue weighted by atomic mass is 35.5. The molecule has 98 valence electrons. The molecule has 0 fully saturated rings. The summed E-state index contributed by atoms with van der Waals surface area (Å²) in [6.45, 7) is 0. The van der Waals surface area contributed by atoms with E-state index in [1.54, 1.807) is 12.1 Å². The zero-order valence-corrected chi connectivity index (χ0v) is 11.2. The van der Waals surface area contributed by atoms with Crippen LogP contribution >= 0.6 is 11.6 Å². The third-order valence-corrected chi connectivity index (χ3v) is 3.02. The Bertz CT molecular complexity index is 511. The lowest BCUT2D eigenvalue weighted by Crippen LogP contribution is -2.12. The molecule has 2 aromatic rings. The van der Waals surface area contributed by atoms with Crippen molar-refractivity contribution in [3.63, 3.8) is 0 Å². The number of benzene rings is 2. The molecule has 0 aromatic heterocycles. The molecule has 0 heterocycles. The fraction of sp³-hybridized carbons (Fsp3) is 0.188. The van der Waals surface area contributed by atoms with Crippen molar-refractivity contribution in [2.45, 2.75) is 12.5 Å². The third-order valence-electron chi connectivity index (χ3n) is 2.80. The molecule has 2 rings (SSSR count). The average molecular weight is 275 g/mol. The normalized spacial score (nSPS) is 11.8. The Morgan fingerprint density at radius 3 is 2.16 bits per heavy atom. The van der Waals surface area contributed by atoms with Gasteiger partial charge in [0.25, 0.3) is 0 Å². The molecule has 0 aliphatic carbocycles. The highest BCUT2D eigenvalue weighted by Crippen LogP contribution is 2.23. The maximum absolute atomic E-state index is 12.0. The summed E-state index contributed by atoms with van der Waals surface area (Å²) in [7, 11) is 0. The molecule has 3 heteroatoms. The first kappa shape index (κ1) is 13.6. The van der Waals surface area contributed by atoms with Crippen LogP contribution in [0, 0.1) is 0 Å². The Labute approximate surface area is 118 Å². The van der Waals surface area contributed by atoms with Crippen molar-refractivity contribution in [1.29, 1.82) is 0 Å². The minimum Gasteiger partial charge on any atom is -0.454 e. The van der Waals surface area contributed by atoms with Gasteiger partial charge in [-0.2, -0.15) is 0 Å². The average Bonchev–Trinajstić information content (AvgIpc) is 2.48. The predicted octanol–water partition coefficient (Wildman–Crippen LogP) is 4.21. The molecular weight excluding hydrogens is 260 g/mol. The summed E-state index contributed by atoms with van der Waals surface area (Å²) in [6, 6.07) is 18.6. The van der Waals surface area contributed by atoms with E-state index in [9.17, 15) is 4.79 Å². The Kier molecular flexibility index (Phi) is 4.99. The van der Waals surface area contributed by atoms with Crippen LogP contribution in [0.2, 0.25) is 0 Å². The van der Waals surface area contributed by atoms with Crippen molar-refractivity contribution in [1.82, 2.24) is 0 Å². The third kappa shape index (κ3) is 3.83. The summed E-state index contributed by atoms with van der Waals surface area (Å²) >= 11 is 5.78. The molecule has 0 spiro atoms. The van der Waals surface area contributed by atoms with Crippen molar-refractivity contribution in [3.05, 3.63) is 71.8 Å². The van der Waals surface area contributed by atoms with Gasteiger partial charge in [0.05, 0.1) is 5.56 Å². The highest BCUT2D eigenvalue weighted by molar-refractivity contribution is 6.17. The monoisotopic (exact) mass is 274 g/mol. The van der Waals surface area contributed by atoms with E-state index in [1.807, 2.05) is 48.5 Å². The minimum atomic E-state index is -0.320. The molecule has 0 saturated carbocycles. The number of hydrogen-bond acceptors (Lipinski definition) is 2. The maximum atomic E-state index is 12.0. The lowest BCUT2D eigenvalue weighted by atomic mass is 10.1. The summed E-state index contributed by atoms with van der Waals surface area (Å²) in [5.74, 6) is 0.126. The van der Waals surface area contributed by atoms with Crippen LogP contribution in [0.3, 0.4) is 0 Å². The van der Waals surface area contributed by atoms with Crippen LogP contribution in [0.1, 0.15) is 28.4 Å². The van der Waals surface area contributed by atoms with E-state index >= 15 is 0 Å². The molecule has 0 aliphatic rings. The summed E-state index contributed by atoms with van der Waals surface area (Å²) in [4.78, 5) is 12.0. The first-order valence-electron chi connectivity index (χ1n) is 6.18. The van der Waals surface area contributed by atoms with Gasteiger partial charge in [0.15, 0.2) is 0 Å². The van der Waals surface area contributed by atoms with Gasteiger partial charge < -0.3 is 4.74 Å². The second-order valence-corrected chi connectivity index (χ2v) is 4.53. The van der Waals surface area contributed by atoms with Gasteiger partial charge in [-0.25, -0.2) is 4.79 Å². The van der Waals surface area contributed by atoms with Crippen molar-refractivity contribution in [2.75, 3.05) is 5.88 Å². The number of carbonyl (C=O) groups is 1. The van der Waals surface area contributed by atoms with E-state index in [0.29, 0.717) is 17.9 Å². The van der Waals surface area contributed by atoms with E-state index in [2.05, 4.69) is 0 Å². The number of esters is 1. The SMILES string of the molecule is O=C(O[C@H](CCCl)c1ccccc1)c1ccccc1. The van der Waals surface area contributed by atoms with Crippen LogP contribution in [0.15, 0.2) is 60.7 Å². The number of carbonyl (C=O) groups excluding carboxylic acids is 1. The van der Waals surface area contributed by atoms with E-state index in [4.69, 9.17) is 16.3 Å². The lowest BCUT2D eigenvalue weighted by Gasteiger charge is -2.17. The van der Waals surface area contributed by atoms with E-state index in [-0.39, 0.29) is 12.1 Å². The van der Waals surface area contributed by atoms with Gasteiger partial charge in [0, 0.05) is 12.3 Å². The Morgan fingerprint density at radius 2 is 1.58 bits per heavy atom. The topological polar surface area (TPSA) is 26.3 Å². The van der Waals surface area contributed by atoms with E-state index in [1.165, 1.54) is 0 Å². The fourth-order valence-corrected chi connectivity index (χ4v) is 2.03. The van der Waals surface area contributed by atoms with Gasteiger partial charge in [-0.05, 0) is 17.7 Å². The first-order chi connectivity index (χ1) is 9.31. The fourth-order valence-electron chi connectivity index (χ4n) is 1.83. The zero-order chi connectivity index (χ0) is 13.5. The van der Waals surface area contributed by atoms with E-state index < -0.39 is 0 Å². The van der Waals surface area contributed by atoms with E-state index in [0.717, 1.165) is 5.56 Å². The maximum Gasteiger partial charge on any atom is 0.338 e. The molecule has 0 N–H and O–H groups in total. The molecule has 0 bridgehead atoms. The Morgan fingerprint density at radius 1 is 1.00 bits per heavy atom. The molecule has 19 heavy (non-hydrogen) atoms. The van der Waals surface area contributed by atoms with Crippen LogP contribution in [0.25, 0.3) is 0 Å². The molecule has 2 nitrogen and oxygen atoms in total. The smallest absolute Gasteiger partial charge is 0.338 e. The van der Waals surface area contributed by atoms with Gasteiger partial charge in [0.1, 0.15) is 6.10 Å². The molecule has 0 unspecified atom stereocenters. The van der Waals surface area contributed by atoms with Crippen LogP contribution in [0.4, 0.5) is 0 Å². The molecule has 0 radical (unpaired) electrons. The molecule has 0 amide bonds. The van der Waals surface area contributed by atoms with Gasteiger partial charge in [0.2, 0.25) is 0 Å². The van der Waals surface area contributed by atoms with Crippen molar-refractivity contribution in [2.24, 2.45) is 0 Å². The summed E-state index contributed by atoms with van der Waals surface area (Å²) in [6.07, 6.45) is 0.302. The number of alkyl halides is 1. The van der Waals surface area contributed by atoms with Crippen molar-refractivity contribution < 1.29 is 9.53 Å². The Balaban J connectivity index is 2.11. The van der Waals surface area contributed by atoms with Gasteiger partial charge in [-0.15, -0.1) is 11.6 Å². The minimum absolute atomic E-state index is 0.300. The lowest BCUT2D eigenvalue weighted by molar-refractivity contribution is 0.0290. The quantitative estimate of drug-likeness (QED) is 0.603. The molecule has 0 saturated heterocycles. The molecular formula is C16H15ClO2. The second-order valence-electron chi connectivity index (χ2n) is 4.15. The summed E-state index contributed by atoms with van der Waals surface area (Å²) in [5.41, 5.74) is 1.52. The molecule has 1 atom stereocenters. The predicted molar refractivity (Wildman–Crippen MR) is 76.4 cm³/mol. The first-order valence-corrected chi connectivity index (χ1v) is 6.71. The van der Waals surface area contributed by atoms with Crippen LogP contribution in [-0.2, 0) is 4.74 Å². The summed E-state index contributed by atoms with van der Waals surface area (Å²) in [5, 5.41) is 0. The van der Waals surface area contributed by atoms with Crippen molar-refractivity contribution >= 4 is 17.6 Å². The number of hydrogen-bond donors (Lipinski definition) is 0. The van der Waals surface area contributed by atoms with Gasteiger partial charge >= 0.3 is 5.97 Å². The van der Waals surface area contributed by atoms with Crippen molar-refractivity contribution in [3.8, 4) is 0 Å². The molecule has 0 aliphatic heterocycles. The number of rotatable bonds is 5. The number of ether oxygens (including phenoxy) is 1. The molecule has 2 aromatic carbocycles. The van der Waals surface area contributed by atoms with Crippen LogP contribution < -0.4 is 0 Å². The Hall–Kier alpha value is -1.80. The second kappa shape index (κ2) is 6.95. The van der Waals surface area contributed by atoms with Crippen LogP contribution in [-0.4, -0.2) is 11.8 Å². The number of halogens is 1. The zero-order valence-electron chi connectivity index (χ0n) is 10.5. The van der Waals surface area contributed by atoms with Gasteiger partial charge in [-0.3, -0.25) is 0 Å².